The highest BCUT2D eigenvalue weighted by Crippen LogP contribution is 2.19. The number of hydrogen-bond acceptors (Lipinski definition) is 1. The van der Waals surface area contributed by atoms with E-state index in [0.717, 1.165) is 24.8 Å². The Morgan fingerprint density at radius 3 is 2.57 bits per heavy atom. The Morgan fingerprint density at radius 2 is 2.00 bits per heavy atom. The Labute approximate surface area is 86.1 Å². The summed E-state index contributed by atoms with van der Waals surface area (Å²) in [5.41, 5.74) is 2.24. The van der Waals surface area contributed by atoms with Crippen LogP contribution in [0.5, 0.6) is 0 Å². The number of hydrogen-bond donors (Lipinski definition) is 1. The van der Waals surface area contributed by atoms with E-state index in [9.17, 15) is 5.11 Å². The molecule has 1 N–H and O–H groups in total. The molecule has 0 spiro atoms. The second-order valence-electron chi connectivity index (χ2n) is 3.65. The third-order valence-electron chi connectivity index (χ3n) is 2.35. The molecule has 1 heteroatoms. The number of allylic oxidation sites excluding steroid dienone is 1. The van der Waals surface area contributed by atoms with E-state index in [2.05, 4.69) is 6.58 Å². The SMILES string of the molecule is C=CCCC[C@H](O)c1ccc(C)cc1. The second kappa shape index (κ2) is 5.61. The number of rotatable bonds is 5. The maximum Gasteiger partial charge on any atom is 0.0790 e. The predicted molar refractivity (Wildman–Crippen MR) is 60.2 cm³/mol. The van der Waals surface area contributed by atoms with Crippen LogP contribution in [-0.4, -0.2) is 5.11 Å². The number of aliphatic hydroxyl groups is 1. The van der Waals surface area contributed by atoms with Crippen molar-refractivity contribution in [1.29, 1.82) is 0 Å². The van der Waals surface area contributed by atoms with Gasteiger partial charge < -0.3 is 5.11 Å². The average molecular weight is 190 g/mol. The summed E-state index contributed by atoms with van der Waals surface area (Å²) in [7, 11) is 0. The van der Waals surface area contributed by atoms with E-state index in [1.807, 2.05) is 37.3 Å². The molecule has 0 aliphatic rings. The fourth-order valence-corrected chi connectivity index (χ4v) is 1.41. The van der Waals surface area contributed by atoms with Crippen molar-refractivity contribution in [2.75, 3.05) is 0 Å². The first-order chi connectivity index (χ1) is 6.74. The van der Waals surface area contributed by atoms with Gasteiger partial charge in [-0.15, -0.1) is 6.58 Å². The van der Waals surface area contributed by atoms with E-state index < -0.39 is 0 Å². The predicted octanol–water partition coefficient (Wildman–Crippen LogP) is 3.38. The van der Waals surface area contributed by atoms with Crippen LogP contribution in [0.25, 0.3) is 0 Å². The fraction of sp³-hybridized carbons (Fsp3) is 0.385. The lowest BCUT2D eigenvalue weighted by molar-refractivity contribution is 0.165. The molecule has 0 bridgehead atoms. The van der Waals surface area contributed by atoms with Crippen molar-refractivity contribution in [2.24, 2.45) is 0 Å². The summed E-state index contributed by atoms with van der Waals surface area (Å²) in [6.45, 7) is 5.71. The molecule has 0 amide bonds. The zero-order chi connectivity index (χ0) is 10.4. The lowest BCUT2D eigenvalue weighted by Crippen LogP contribution is -1.96. The molecule has 1 rings (SSSR count). The van der Waals surface area contributed by atoms with E-state index in [1.165, 1.54) is 5.56 Å². The maximum atomic E-state index is 9.80. The molecule has 0 unspecified atom stereocenters. The zero-order valence-corrected chi connectivity index (χ0v) is 8.74. The molecule has 0 radical (unpaired) electrons. The number of benzene rings is 1. The minimum absolute atomic E-state index is 0.324. The van der Waals surface area contributed by atoms with E-state index in [4.69, 9.17) is 0 Å². The van der Waals surface area contributed by atoms with Gasteiger partial charge in [-0.3, -0.25) is 0 Å². The Morgan fingerprint density at radius 1 is 1.36 bits per heavy atom. The molecule has 1 atom stereocenters. The third kappa shape index (κ3) is 3.35. The highest BCUT2D eigenvalue weighted by atomic mass is 16.3. The monoisotopic (exact) mass is 190 g/mol. The van der Waals surface area contributed by atoms with Crippen LogP contribution in [0.1, 0.15) is 36.5 Å². The third-order valence-corrected chi connectivity index (χ3v) is 2.35. The molecule has 0 aromatic heterocycles. The first kappa shape index (κ1) is 11.0. The van der Waals surface area contributed by atoms with Crippen molar-refractivity contribution in [1.82, 2.24) is 0 Å². The van der Waals surface area contributed by atoms with Crippen LogP contribution >= 0.6 is 0 Å². The minimum Gasteiger partial charge on any atom is -0.388 e. The Hall–Kier alpha value is -1.08. The van der Waals surface area contributed by atoms with Crippen LogP contribution in [-0.2, 0) is 0 Å². The van der Waals surface area contributed by atoms with Gasteiger partial charge in [0.05, 0.1) is 6.10 Å². The van der Waals surface area contributed by atoms with Crippen molar-refractivity contribution in [3.8, 4) is 0 Å². The van der Waals surface area contributed by atoms with E-state index in [0.29, 0.717) is 0 Å². The molecule has 0 fully saturated rings. The van der Waals surface area contributed by atoms with Crippen LogP contribution in [0, 0.1) is 6.92 Å². The normalized spacial score (nSPS) is 12.4. The molecule has 0 heterocycles. The van der Waals surface area contributed by atoms with Gasteiger partial charge in [0.1, 0.15) is 0 Å². The fourth-order valence-electron chi connectivity index (χ4n) is 1.41. The molecule has 0 saturated carbocycles. The Bertz CT molecular complexity index is 274. The molecule has 1 aromatic carbocycles. The first-order valence-corrected chi connectivity index (χ1v) is 5.09. The standard InChI is InChI=1S/C13H18O/c1-3-4-5-6-13(14)12-9-7-11(2)8-10-12/h3,7-10,13-14H,1,4-6H2,2H3/t13-/m0/s1. The molecule has 0 aliphatic carbocycles. The Balaban J connectivity index is 2.47. The lowest BCUT2D eigenvalue weighted by Gasteiger charge is -2.10. The number of aliphatic hydroxyl groups excluding tert-OH is 1. The molecule has 0 saturated heterocycles. The second-order valence-corrected chi connectivity index (χ2v) is 3.65. The summed E-state index contributed by atoms with van der Waals surface area (Å²) in [6.07, 6.45) is 4.36. The number of aryl methyl sites for hydroxylation is 1. The van der Waals surface area contributed by atoms with E-state index >= 15 is 0 Å². The van der Waals surface area contributed by atoms with Gasteiger partial charge in [0, 0.05) is 0 Å². The summed E-state index contributed by atoms with van der Waals surface area (Å²) in [4.78, 5) is 0. The summed E-state index contributed by atoms with van der Waals surface area (Å²) in [5.74, 6) is 0. The van der Waals surface area contributed by atoms with Crippen LogP contribution in [0.2, 0.25) is 0 Å². The molecule has 76 valence electrons. The van der Waals surface area contributed by atoms with Gasteiger partial charge in [-0.1, -0.05) is 35.9 Å². The van der Waals surface area contributed by atoms with Gasteiger partial charge in [0.25, 0.3) is 0 Å². The first-order valence-electron chi connectivity index (χ1n) is 5.09. The zero-order valence-electron chi connectivity index (χ0n) is 8.74. The highest BCUT2D eigenvalue weighted by molar-refractivity contribution is 5.22. The van der Waals surface area contributed by atoms with Gasteiger partial charge in [-0.25, -0.2) is 0 Å². The summed E-state index contributed by atoms with van der Waals surface area (Å²) < 4.78 is 0. The quantitative estimate of drug-likeness (QED) is 0.557. The summed E-state index contributed by atoms with van der Waals surface area (Å²) >= 11 is 0. The van der Waals surface area contributed by atoms with Gasteiger partial charge in [0.2, 0.25) is 0 Å². The molecule has 0 aliphatic heterocycles. The van der Waals surface area contributed by atoms with Crippen LogP contribution in [0.15, 0.2) is 36.9 Å². The van der Waals surface area contributed by atoms with E-state index in [1.54, 1.807) is 0 Å². The van der Waals surface area contributed by atoms with Crippen molar-refractivity contribution in [3.63, 3.8) is 0 Å². The maximum absolute atomic E-state index is 9.80. The topological polar surface area (TPSA) is 20.2 Å². The van der Waals surface area contributed by atoms with Crippen LogP contribution < -0.4 is 0 Å². The van der Waals surface area contributed by atoms with Gasteiger partial charge in [-0.05, 0) is 31.7 Å². The van der Waals surface area contributed by atoms with Gasteiger partial charge in [-0.2, -0.15) is 0 Å². The smallest absolute Gasteiger partial charge is 0.0790 e. The van der Waals surface area contributed by atoms with Crippen molar-refractivity contribution in [2.45, 2.75) is 32.3 Å². The van der Waals surface area contributed by atoms with Crippen molar-refractivity contribution < 1.29 is 5.11 Å². The minimum atomic E-state index is -0.324. The summed E-state index contributed by atoms with van der Waals surface area (Å²) in [6, 6.07) is 8.06. The van der Waals surface area contributed by atoms with Gasteiger partial charge in [0.15, 0.2) is 0 Å². The molecule has 1 aromatic rings. The molecular weight excluding hydrogens is 172 g/mol. The molecular formula is C13H18O. The van der Waals surface area contributed by atoms with Crippen molar-refractivity contribution in [3.05, 3.63) is 48.0 Å². The molecule has 1 nitrogen and oxygen atoms in total. The Kier molecular flexibility index (Phi) is 4.41. The molecule has 14 heavy (non-hydrogen) atoms. The average Bonchev–Trinajstić information content (AvgIpc) is 2.19. The lowest BCUT2D eigenvalue weighted by atomic mass is 10.0. The van der Waals surface area contributed by atoms with E-state index in [-0.39, 0.29) is 6.10 Å². The summed E-state index contributed by atoms with van der Waals surface area (Å²) in [5, 5.41) is 9.80. The van der Waals surface area contributed by atoms with Crippen LogP contribution in [0.4, 0.5) is 0 Å². The largest absolute Gasteiger partial charge is 0.388 e. The number of unbranched alkanes of at least 4 members (excludes halogenated alkanes) is 1. The van der Waals surface area contributed by atoms with Gasteiger partial charge >= 0.3 is 0 Å². The van der Waals surface area contributed by atoms with Crippen LogP contribution in [0.3, 0.4) is 0 Å². The highest BCUT2D eigenvalue weighted by Gasteiger charge is 2.05. The van der Waals surface area contributed by atoms with Crippen molar-refractivity contribution >= 4 is 0 Å².